The maximum atomic E-state index is 13.6. The number of aliphatic imine (C=N–C) groups is 1. The maximum absolute atomic E-state index is 13.6. The molecule has 168 valence electrons. The molecule has 32 heavy (non-hydrogen) atoms. The molecule has 0 N–H and O–H groups in total. The number of carbonyl (C=O) groups is 2. The highest BCUT2D eigenvalue weighted by atomic mass is 16.5. The lowest BCUT2D eigenvalue weighted by Gasteiger charge is -2.41. The lowest BCUT2D eigenvalue weighted by molar-refractivity contribution is -0.125. The van der Waals surface area contributed by atoms with Crippen molar-refractivity contribution in [2.75, 3.05) is 19.1 Å². The summed E-state index contributed by atoms with van der Waals surface area (Å²) < 4.78 is 11.1. The summed E-state index contributed by atoms with van der Waals surface area (Å²) >= 11 is 0. The van der Waals surface area contributed by atoms with Gasteiger partial charge in [-0.25, -0.2) is 0 Å². The number of hydrogen-bond donors (Lipinski definition) is 0. The van der Waals surface area contributed by atoms with E-state index in [1.54, 1.807) is 25.2 Å². The van der Waals surface area contributed by atoms with E-state index in [9.17, 15) is 9.59 Å². The number of ether oxygens (including phenoxy) is 2. The number of Topliss-reactive ketones (excluding diaryl/α,β-unsaturated/α-hetero) is 1. The second-order valence-corrected chi connectivity index (χ2v) is 9.22. The van der Waals surface area contributed by atoms with Crippen molar-refractivity contribution in [2.24, 2.45) is 16.3 Å². The summed E-state index contributed by atoms with van der Waals surface area (Å²) in [4.78, 5) is 33.8. The normalized spacial score (nSPS) is 21.7. The van der Waals surface area contributed by atoms with E-state index in [1.165, 1.54) is 0 Å². The molecule has 1 heterocycles. The Bertz CT molecular complexity index is 1090. The number of para-hydroxylation sites is 2. The minimum absolute atomic E-state index is 0.0607. The fourth-order valence-electron chi connectivity index (χ4n) is 4.95. The van der Waals surface area contributed by atoms with Crippen LogP contribution in [0.5, 0.6) is 11.5 Å². The molecule has 0 radical (unpaired) electrons. The summed E-state index contributed by atoms with van der Waals surface area (Å²) in [6, 6.07) is 12.6. The van der Waals surface area contributed by atoms with E-state index in [0.29, 0.717) is 30.8 Å². The molecule has 0 aromatic heterocycles. The standard InChI is InChI=1S/C26H30N2O4/c1-6-23(30)28-20-10-8-7-9-18(20)27-19-14-26(2,3)15-21(29)24(19)25(28)17-12-11-16(31-4)13-22(17)32-5/h7-13,24-25H,6,14-15H2,1-5H3. The predicted octanol–water partition coefficient (Wildman–Crippen LogP) is 5.28. The number of fused-ring (bicyclic) bond motifs is 2. The van der Waals surface area contributed by atoms with E-state index >= 15 is 0 Å². The maximum Gasteiger partial charge on any atom is 0.227 e. The Kier molecular flexibility index (Phi) is 5.80. The van der Waals surface area contributed by atoms with Crippen LogP contribution in [0.3, 0.4) is 0 Å². The molecule has 1 amide bonds. The van der Waals surface area contributed by atoms with Gasteiger partial charge in [0.2, 0.25) is 5.91 Å². The first-order chi connectivity index (χ1) is 15.3. The van der Waals surface area contributed by atoms with Crippen LogP contribution in [-0.4, -0.2) is 31.6 Å². The van der Waals surface area contributed by atoms with E-state index in [4.69, 9.17) is 14.5 Å². The van der Waals surface area contributed by atoms with Crippen LogP contribution in [0.15, 0.2) is 47.5 Å². The van der Waals surface area contributed by atoms with Crippen LogP contribution in [0, 0.1) is 11.3 Å². The van der Waals surface area contributed by atoms with Gasteiger partial charge in [0, 0.05) is 30.2 Å². The average Bonchev–Trinajstić information content (AvgIpc) is 2.91. The van der Waals surface area contributed by atoms with Crippen LogP contribution in [0.2, 0.25) is 0 Å². The smallest absolute Gasteiger partial charge is 0.227 e. The molecular weight excluding hydrogens is 404 g/mol. The van der Waals surface area contributed by atoms with Crippen molar-refractivity contribution in [3.05, 3.63) is 48.0 Å². The van der Waals surface area contributed by atoms with E-state index in [1.807, 2.05) is 43.3 Å². The molecule has 0 saturated heterocycles. The lowest BCUT2D eigenvalue weighted by atomic mass is 9.67. The van der Waals surface area contributed by atoms with Gasteiger partial charge >= 0.3 is 0 Å². The molecular formula is C26H30N2O4. The Balaban J connectivity index is 2.01. The molecule has 1 fully saturated rings. The third kappa shape index (κ3) is 3.78. The fourth-order valence-corrected chi connectivity index (χ4v) is 4.95. The van der Waals surface area contributed by atoms with Crippen molar-refractivity contribution in [1.82, 2.24) is 0 Å². The summed E-state index contributed by atoms with van der Waals surface area (Å²) in [5.74, 6) is 0.741. The highest BCUT2D eigenvalue weighted by Crippen LogP contribution is 2.50. The molecule has 4 rings (SSSR count). The Labute approximate surface area is 189 Å². The number of rotatable bonds is 4. The zero-order valence-electron chi connectivity index (χ0n) is 19.3. The predicted molar refractivity (Wildman–Crippen MR) is 125 cm³/mol. The molecule has 6 nitrogen and oxygen atoms in total. The second kappa shape index (κ2) is 8.41. The minimum atomic E-state index is -0.547. The monoisotopic (exact) mass is 434 g/mol. The molecule has 0 bridgehead atoms. The fraction of sp³-hybridized carbons (Fsp3) is 0.423. The SMILES string of the molecule is CCC(=O)N1c2ccccc2N=C2CC(C)(C)CC(=O)C2C1c1ccc(OC)cc1OC. The number of anilines is 1. The van der Waals surface area contributed by atoms with Crippen LogP contribution < -0.4 is 14.4 Å². The quantitative estimate of drug-likeness (QED) is 0.657. The Morgan fingerprint density at radius 3 is 2.56 bits per heavy atom. The zero-order chi connectivity index (χ0) is 23.0. The highest BCUT2D eigenvalue weighted by molar-refractivity contribution is 6.13. The summed E-state index contributed by atoms with van der Waals surface area (Å²) in [6.07, 6.45) is 1.45. The zero-order valence-corrected chi connectivity index (χ0v) is 19.3. The summed E-state index contributed by atoms with van der Waals surface area (Å²) in [6.45, 7) is 6.03. The van der Waals surface area contributed by atoms with Crippen LogP contribution in [0.1, 0.15) is 51.6 Å². The van der Waals surface area contributed by atoms with Crippen molar-refractivity contribution in [3.63, 3.8) is 0 Å². The molecule has 0 spiro atoms. The number of carbonyl (C=O) groups excluding carboxylic acids is 2. The van der Waals surface area contributed by atoms with Gasteiger partial charge in [0.25, 0.3) is 0 Å². The van der Waals surface area contributed by atoms with Crippen molar-refractivity contribution >= 4 is 28.8 Å². The van der Waals surface area contributed by atoms with Gasteiger partial charge in [0.1, 0.15) is 17.3 Å². The minimum Gasteiger partial charge on any atom is -0.497 e. The molecule has 2 aliphatic rings. The van der Waals surface area contributed by atoms with Gasteiger partial charge in [-0.15, -0.1) is 0 Å². The summed E-state index contributed by atoms with van der Waals surface area (Å²) in [7, 11) is 3.19. The molecule has 2 aromatic rings. The molecule has 1 saturated carbocycles. The number of amides is 1. The van der Waals surface area contributed by atoms with Crippen LogP contribution in [0.4, 0.5) is 11.4 Å². The van der Waals surface area contributed by atoms with Gasteiger partial charge in [-0.3, -0.25) is 14.6 Å². The number of hydrogen-bond acceptors (Lipinski definition) is 5. The van der Waals surface area contributed by atoms with Gasteiger partial charge in [-0.05, 0) is 36.1 Å². The first kappa shape index (κ1) is 22.1. The van der Waals surface area contributed by atoms with E-state index < -0.39 is 12.0 Å². The van der Waals surface area contributed by atoms with Gasteiger partial charge in [0.05, 0.1) is 37.6 Å². The van der Waals surface area contributed by atoms with E-state index in [-0.39, 0.29) is 17.1 Å². The summed E-state index contributed by atoms with van der Waals surface area (Å²) in [5.41, 5.74) is 2.86. The molecule has 1 aliphatic carbocycles. The highest BCUT2D eigenvalue weighted by Gasteiger charge is 2.48. The molecule has 1 aliphatic heterocycles. The van der Waals surface area contributed by atoms with Crippen molar-refractivity contribution in [1.29, 1.82) is 0 Å². The largest absolute Gasteiger partial charge is 0.497 e. The first-order valence-corrected chi connectivity index (χ1v) is 11.0. The first-order valence-electron chi connectivity index (χ1n) is 11.0. The third-order valence-corrected chi connectivity index (χ3v) is 6.35. The Morgan fingerprint density at radius 2 is 1.88 bits per heavy atom. The van der Waals surface area contributed by atoms with Gasteiger partial charge in [0.15, 0.2) is 0 Å². The Morgan fingerprint density at radius 1 is 1.12 bits per heavy atom. The number of methoxy groups -OCH3 is 2. The van der Waals surface area contributed by atoms with Crippen LogP contribution in [-0.2, 0) is 9.59 Å². The van der Waals surface area contributed by atoms with Gasteiger partial charge in [-0.1, -0.05) is 32.9 Å². The number of nitrogens with zero attached hydrogens (tertiary/aromatic N) is 2. The number of benzene rings is 2. The van der Waals surface area contributed by atoms with Crippen molar-refractivity contribution in [3.8, 4) is 11.5 Å². The molecule has 2 aromatic carbocycles. The molecule has 2 atom stereocenters. The summed E-state index contributed by atoms with van der Waals surface area (Å²) in [5, 5.41) is 0. The van der Waals surface area contributed by atoms with E-state index in [2.05, 4.69) is 13.8 Å². The van der Waals surface area contributed by atoms with Gasteiger partial charge in [-0.2, -0.15) is 0 Å². The van der Waals surface area contributed by atoms with E-state index in [0.717, 1.165) is 22.6 Å². The second-order valence-electron chi connectivity index (χ2n) is 9.22. The molecule has 6 heteroatoms. The Hall–Kier alpha value is -3.15. The average molecular weight is 435 g/mol. The molecule has 2 unspecified atom stereocenters. The van der Waals surface area contributed by atoms with Crippen LogP contribution in [0.25, 0.3) is 0 Å². The third-order valence-electron chi connectivity index (χ3n) is 6.35. The lowest BCUT2D eigenvalue weighted by Crippen LogP contribution is -2.47. The van der Waals surface area contributed by atoms with Crippen LogP contribution >= 0.6 is 0 Å². The topological polar surface area (TPSA) is 68.2 Å². The number of ketones is 1. The van der Waals surface area contributed by atoms with Crippen molar-refractivity contribution < 1.29 is 19.1 Å². The van der Waals surface area contributed by atoms with Crippen molar-refractivity contribution in [2.45, 2.75) is 46.1 Å². The van der Waals surface area contributed by atoms with Gasteiger partial charge < -0.3 is 14.4 Å².